The highest BCUT2D eigenvalue weighted by molar-refractivity contribution is 5.25. The Kier molecular flexibility index (Phi) is 6.35. The highest BCUT2D eigenvalue weighted by atomic mass is 16.3. The minimum Gasteiger partial charge on any atom is -0.393 e. The number of aliphatic hydroxyl groups excluding tert-OH is 1. The summed E-state index contributed by atoms with van der Waals surface area (Å²) in [5, 5.41) is 10.3. The van der Waals surface area contributed by atoms with Crippen LogP contribution in [0.3, 0.4) is 0 Å². The van der Waals surface area contributed by atoms with Crippen molar-refractivity contribution in [2.75, 3.05) is 0 Å². The summed E-state index contributed by atoms with van der Waals surface area (Å²) in [4.78, 5) is 0. The number of aliphatic hydroxyl groups is 1. The van der Waals surface area contributed by atoms with Gasteiger partial charge in [0.2, 0.25) is 0 Å². The summed E-state index contributed by atoms with van der Waals surface area (Å²) in [6.07, 6.45) is 19.0. The maximum absolute atomic E-state index is 10.3. The molecule has 0 spiro atoms. The van der Waals surface area contributed by atoms with Gasteiger partial charge in [-0.1, -0.05) is 72.3 Å². The number of rotatable bonds is 4. The highest BCUT2D eigenvalue weighted by Crippen LogP contribution is 2.67. The minimum atomic E-state index is -0.0896. The largest absolute Gasteiger partial charge is 0.393 e. The Morgan fingerprint density at radius 3 is 2.48 bits per heavy atom. The van der Waals surface area contributed by atoms with Gasteiger partial charge in [-0.05, 0) is 110 Å². The van der Waals surface area contributed by atoms with E-state index in [1.807, 2.05) is 0 Å². The maximum atomic E-state index is 10.3. The van der Waals surface area contributed by atoms with Crippen molar-refractivity contribution in [2.45, 2.75) is 112 Å². The van der Waals surface area contributed by atoms with E-state index in [0.29, 0.717) is 28.1 Å². The summed E-state index contributed by atoms with van der Waals surface area (Å²) in [6.45, 7) is 17.2. The SMILES string of the molecule is CCC(C=CC(C)C1CCC2C3CC=C4CC(O)CCC4(C)C3CCC12C)C(C)(C)C. The van der Waals surface area contributed by atoms with Crippen LogP contribution in [0.4, 0.5) is 0 Å². The van der Waals surface area contributed by atoms with Gasteiger partial charge in [-0.25, -0.2) is 0 Å². The molecular formula is C30H50O. The average Bonchev–Trinajstić information content (AvgIpc) is 3.05. The molecule has 31 heavy (non-hydrogen) atoms. The molecule has 0 radical (unpaired) electrons. The average molecular weight is 427 g/mol. The van der Waals surface area contributed by atoms with Gasteiger partial charge >= 0.3 is 0 Å². The molecule has 9 atom stereocenters. The standard InChI is InChI=1S/C30H50O/c1-8-21(28(3,4)5)10-9-20(2)25-13-14-26-24-12-11-22-19-23(31)15-17-29(22,6)27(24)16-18-30(25,26)7/h9-11,20-21,23-27,31H,8,12-19H2,1-7H3. The van der Waals surface area contributed by atoms with Crippen LogP contribution < -0.4 is 0 Å². The van der Waals surface area contributed by atoms with Gasteiger partial charge in [0.15, 0.2) is 0 Å². The van der Waals surface area contributed by atoms with E-state index in [-0.39, 0.29) is 6.10 Å². The molecule has 0 aromatic heterocycles. The second-order valence-corrected chi connectivity index (χ2v) is 13.5. The lowest BCUT2D eigenvalue weighted by atomic mass is 9.47. The zero-order valence-corrected chi connectivity index (χ0v) is 21.6. The van der Waals surface area contributed by atoms with E-state index in [9.17, 15) is 5.11 Å². The number of fused-ring (bicyclic) bond motifs is 5. The quantitative estimate of drug-likeness (QED) is 0.449. The van der Waals surface area contributed by atoms with Gasteiger partial charge in [0, 0.05) is 0 Å². The highest BCUT2D eigenvalue weighted by Gasteiger charge is 2.58. The van der Waals surface area contributed by atoms with Crippen molar-refractivity contribution in [3.8, 4) is 0 Å². The van der Waals surface area contributed by atoms with Gasteiger partial charge in [-0.3, -0.25) is 0 Å². The Bertz CT molecular complexity index is 710. The summed E-state index contributed by atoms with van der Waals surface area (Å²) < 4.78 is 0. The zero-order chi connectivity index (χ0) is 22.6. The second-order valence-electron chi connectivity index (χ2n) is 13.5. The fraction of sp³-hybridized carbons (Fsp3) is 0.867. The van der Waals surface area contributed by atoms with Gasteiger partial charge in [0.25, 0.3) is 0 Å². The van der Waals surface area contributed by atoms with Crippen LogP contribution in [0.1, 0.15) is 106 Å². The van der Waals surface area contributed by atoms with Crippen molar-refractivity contribution >= 4 is 0 Å². The second kappa shape index (κ2) is 8.34. The fourth-order valence-corrected chi connectivity index (χ4v) is 9.03. The lowest BCUT2D eigenvalue weighted by molar-refractivity contribution is -0.0540. The molecule has 1 N–H and O–H groups in total. The number of hydrogen-bond donors (Lipinski definition) is 1. The minimum absolute atomic E-state index is 0.0896. The number of hydrogen-bond acceptors (Lipinski definition) is 1. The van der Waals surface area contributed by atoms with E-state index in [2.05, 4.69) is 66.7 Å². The summed E-state index contributed by atoms with van der Waals surface area (Å²) >= 11 is 0. The van der Waals surface area contributed by atoms with Crippen molar-refractivity contribution in [3.05, 3.63) is 23.8 Å². The smallest absolute Gasteiger partial charge is 0.0577 e. The van der Waals surface area contributed by atoms with Crippen LogP contribution in [0.15, 0.2) is 23.8 Å². The first kappa shape index (κ1) is 23.6. The zero-order valence-electron chi connectivity index (χ0n) is 21.6. The lowest BCUT2D eigenvalue weighted by Crippen LogP contribution is -2.50. The summed E-state index contributed by atoms with van der Waals surface area (Å²) in [6, 6.07) is 0. The Morgan fingerprint density at radius 2 is 1.81 bits per heavy atom. The first-order valence-corrected chi connectivity index (χ1v) is 13.6. The summed E-state index contributed by atoms with van der Waals surface area (Å²) in [5.74, 6) is 4.85. The first-order chi connectivity index (χ1) is 14.5. The molecule has 0 saturated heterocycles. The molecule has 3 fully saturated rings. The van der Waals surface area contributed by atoms with Gasteiger partial charge in [-0.15, -0.1) is 0 Å². The molecule has 0 bridgehead atoms. The van der Waals surface area contributed by atoms with Crippen molar-refractivity contribution in [2.24, 2.45) is 51.8 Å². The van der Waals surface area contributed by atoms with Gasteiger partial charge in [0.05, 0.1) is 6.10 Å². The molecular weight excluding hydrogens is 376 g/mol. The maximum Gasteiger partial charge on any atom is 0.0577 e. The molecule has 1 heteroatoms. The topological polar surface area (TPSA) is 20.2 Å². The van der Waals surface area contributed by atoms with Crippen molar-refractivity contribution in [3.63, 3.8) is 0 Å². The molecule has 1 nitrogen and oxygen atoms in total. The molecule has 9 unspecified atom stereocenters. The molecule has 0 aliphatic heterocycles. The summed E-state index contributed by atoms with van der Waals surface area (Å²) in [5.41, 5.74) is 2.85. The predicted octanol–water partition coefficient (Wildman–Crippen LogP) is 8.19. The van der Waals surface area contributed by atoms with Crippen molar-refractivity contribution < 1.29 is 5.11 Å². The van der Waals surface area contributed by atoms with Gasteiger partial charge in [0.1, 0.15) is 0 Å². The van der Waals surface area contributed by atoms with Crippen LogP contribution in [0.25, 0.3) is 0 Å². The van der Waals surface area contributed by atoms with E-state index in [4.69, 9.17) is 0 Å². The van der Waals surface area contributed by atoms with Crippen LogP contribution in [-0.4, -0.2) is 11.2 Å². The molecule has 0 heterocycles. The summed E-state index contributed by atoms with van der Waals surface area (Å²) in [7, 11) is 0. The van der Waals surface area contributed by atoms with Gasteiger partial charge in [-0.2, -0.15) is 0 Å². The Balaban J connectivity index is 1.52. The first-order valence-electron chi connectivity index (χ1n) is 13.6. The molecule has 0 aromatic rings. The number of allylic oxidation sites excluding steroid dienone is 3. The van der Waals surface area contributed by atoms with Crippen LogP contribution in [0.2, 0.25) is 0 Å². The van der Waals surface area contributed by atoms with E-state index in [1.165, 1.54) is 44.9 Å². The van der Waals surface area contributed by atoms with Crippen LogP contribution in [-0.2, 0) is 0 Å². The van der Waals surface area contributed by atoms with Gasteiger partial charge < -0.3 is 5.11 Å². The van der Waals surface area contributed by atoms with E-state index < -0.39 is 0 Å². The third kappa shape index (κ3) is 4.00. The predicted molar refractivity (Wildman–Crippen MR) is 133 cm³/mol. The normalized spacial score (nSPS) is 44.9. The molecule has 176 valence electrons. The molecule has 0 amide bonds. The molecule has 3 saturated carbocycles. The Hall–Kier alpha value is -0.560. The monoisotopic (exact) mass is 426 g/mol. The van der Waals surface area contributed by atoms with E-state index >= 15 is 0 Å². The van der Waals surface area contributed by atoms with E-state index in [1.54, 1.807) is 5.57 Å². The Labute approximate surface area is 193 Å². The molecule has 4 aliphatic carbocycles. The van der Waals surface area contributed by atoms with E-state index in [0.717, 1.165) is 36.5 Å². The van der Waals surface area contributed by atoms with Crippen LogP contribution >= 0.6 is 0 Å². The lowest BCUT2D eigenvalue weighted by Gasteiger charge is -2.58. The van der Waals surface area contributed by atoms with Crippen molar-refractivity contribution in [1.82, 2.24) is 0 Å². The fourth-order valence-electron chi connectivity index (χ4n) is 9.03. The van der Waals surface area contributed by atoms with Crippen LogP contribution in [0.5, 0.6) is 0 Å². The molecule has 4 rings (SSSR count). The third-order valence-electron chi connectivity index (χ3n) is 11.0. The van der Waals surface area contributed by atoms with Crippen LogP contribution in [0, 0.1) is 51.8 Å². The molecule has 4 aliphatic rings. The molecule has 0 aromatic carbocycles. The Morgan fingerprint density at radius 1 is 1.06 bits per heavy atom. The van der Waals surface area contributed by atoms with Crippen molar-refractivity contribution in [1.29, 1.82) is 0 Å². The third-order valence-corrected chi connectivity index (χ3v) is 11.0.